The molecule has 2 aromatic heterocycles. The Morgan fingerprint density at radius 2 is 1.73 bits per heavy atom. The second-order valence-electron chi connectivity index (χ2n) is 3.41. The fourth-order valence-electron chi connectivity index (χ4n) is 1.25. The molecule has 0 aliphatic rings. The third kappa shape index (κ3) is 1.36. The minimum atomic E-state index is -0.586. The number of aromatic nitrogens is 2. The van der Waals surface area contributed by atoms with Crippen LogP contribution < -0.4 is 5.63 Å². The first-order valence-electron chi connectivity index (χ1n) is 4.48. The largest absolute Gasteiger partial charge is 0.505 e. The lowest BCUT2D eigenvalue weighted by molar-refractivity contribution is 0.457. The van der Waals surface area contributed by atoms with Crippen LogP contribution >= 0.6 is 0 Å². The summed E-state index contributed by atoms with van der Waals surface area (Å²) in [6, 6.07) is 0. The average molecular weight is 206 g/mol. The van der Waals surface area contributed by atoms with Gasteiger partial charge in [0.25, 0.3) is 5.71 Å². The lowest BCUT2D eigenvalue weighted by Crippen LogP contribution is -2.06. The Hall–Kier alpha value is -1.91. The molecule has 0 saturated heterocycles. The van der Waals surface area contributed by atoms with Crippen molar-refractivity contribution in [2.75, 3.05) is 0 Å². The maximum absolute atomic E-state index is 11.3. The zero-order valence-corrected chi connectivity index (χ0v) is 8.66. The fourth-order valence-corrected chi connectivity index (χ4v) is 1.25. The molecule has 2 aromatic rings. The number of nitrogens with zero attached hydrogens (tertiary/aromatic N) is 2. The number of hydrogen-bond donors (Lipinski definition) is 1. The molecular weight excluding hydrogens is 196 g/mol. The van der Waals surface area contributed by atoms with Crippen LogP contribution in [0.1, 0.15) is 17.0 Å². The third-order valence-corrected chi connectivity index (χ3v) is 2.35. The maximum Gasteiger partial charge on any atom is 0.344 e. The molecule has 2 heterocycles. The van der Waals surface area contributed by atoms with Gasteiger partial charge >= 0.3 is 5.63 Å². The van der Waals surface area contributed by atoms with Crippen LogP contribution in [0.3, 0.4) is 0 Å². The molecule has 0 unspecified atom stereocenters. The first-order chi connectivity index (χ1) is 7.00. The second-order valence-corrected chi connectivity index (χ2v) is 3.41. The van der Waals surface area contributed by atoms with Crippen molar-refractivity contribution in [3.8, 4) is 5.75 Å². The van der Waals surface area contributed by atoms with E-state index in [0.29, 0.717) is 11.4 Å². The van der Waals surface area contributed by atoms with Crippen molar-refractivity contribution in [3.63, 3.8) is 0 Å². The van der Waals surface area contributed by atoms with Gasteiger partial charge in [0, 0.05) is 0 Å². The molecule has 5 heteroatoms. The van der Waals surface area contributed by atoms with Gasteiger partial charge in [-0.3, -0.25) is 0 Å². The number of aryl methyl sites for hydroxylation is 2. The van der Waals surface area contributed by atoms with E-state index in [-0.39, 0.29) is 22.5 Å². The summed E-state index contributed by atoms with van der Waals surface area (Å²) in [6.07, 6.45) is 0. The Balaban J connectivity index is 3.00. The molecule has 0 bridgehead atoms. The first kappa shape index (κ1) is 9.64. The van der Waals surface area contributed by atoms with E-state index in [4.69, 9.17) is 4.42 Å². The Labute approximate surface area is 85.4 Å². The van der Waals surface area contributed by atoms with E-state index in [1.807, 2.05) is 0 Å². The molecule has 1 N–H and O–H groups in total. The van der Waals surface area contributed by atoms with Crippen LogP contribution in [-0.4, -0.2) is 15.1 Å². The minimum Gasteiger partial charge on any atom is -0.505 e. The Kier molecular flexibility index (Phi) is 1.96. The van der Waals surface area contributed by atoms with Crippen LogP contribution in [0, 0.1) is 20.8 Å². The minimum absolute atomic E-state index is 0.0752. The van der Waals surface area contributed by atoms with Gasteiger partial charge in [-0.25, -0.2) is 14.8 Å². The topological polar surface area (TPSA) is 76.2 Å². The summed E-state index contributed by atoms with van der Waals surface area (Å²) in [5, 5.41) is 9.69. The van der Waals surface area contributed by atoms with Crippen molar-refractivity contribution in [3.05, 3.63) is 27.4 Å². The quantitative estimate of drug-likeness (QED) is 0.701. The summed E-state index contributed by atoms with van der Waals surface area (Å²) < 4.78 is 4.92. The van der Waals surface area contributed by atoms with E-state index in [2.05, 4.69) is 9.97 Å². The maximum atomic E-state index is 11.3. The van der Waals surface area contributed by atoms with Gasteiger partial charge in [0.15, 0.2) is 11.3 Å². The summed E-state index contributed by atoms with van der Waals surface area (Å²) in [7, 11) is 0. The van der Waals surface area contributed by atoms with Crippen LogP contribution in [-0.2, 0) is 0 Å². The van der Waals surface area contributed by atoms with Crippen molar-refractivity contribution in [2.24, 2.45) is 0 Å². The van der Waals surface area contributed by atoms with Crippen LogP contribution in [0.5, 0.6) is 5.75 Å². The van der Waals surface area contributed by atoms with Crippen LogP contribution in [0.25, 0.3) is 11.2 Å². The van der Waals surface area contributed by atoms with Crippen LogP contribution in [0.2, 0.25) is 0 Å². The summed E-state index contributed by atoms with van der Waals surface area (Å²) in [4.78, 5) is 19.4. The van der Waals surface area contributed by atoms with E-state index >= 15 is 0 Å². The van der Waals surface area contributed by atoms with E-state index < -0.39 is 5.63 Å². The standard InChI is InChI=1S/C10H10N2O3/c1-4-8(13)7-9(15-10(4)14)12-6(3)5(2)11-7/h13H,1-3H3. The Bertz CT molecular complexity index is 602. The number of aromatic hydroxyl groups is 1. The van der Waals surface area contributed by atoms with Gasteiger partial charge in [-0.1, -0.05) is 0 Å². The Morgan fingerprint density at radius 1 is 1.13 bits per heavy atom. The molecule has 0 amide bonds. The second kappa shape index (κ2) is 3.05. The van der Waals surface area contributed by atoms with Crippen LogP contribution in [0.15, 0.2) is 9.21 Å². The zero-order valence-electron chi connectivity index (χ0n) is 8.66. The third-order valence-electron chi connectivity index (χ3n) is 2.35. The summed E-state index contributed by atoms with van der Waals surface area (Å²) in [5.74, 6) is -0.156. The zero-order chi connectivity index (χ0) is 11.2. The number of rotatable bonds is 0. The summed E-state index contributed by atoms with van der Waals surface area (Å²) >= 11 is 0. The predicted molar refractivity (Wildman–Crippen MR) is 53.9 cm³/mol. The number of fused-ring (bicyclic) bond motifs is 1. The molecular formula is C10H10N2O3. The first-order valence-corrected chi connectivity index (χ1v) is 4.48. The van der Waals surface area contributed by atoms with Gasteiger partial charge in [-0.15, -0.1) is 0 Å². The fraction of sp³-hybridized carbons (Fsp3) is 0.300. The van der Waals surface area contributed by atoms with Crippen molar-refractivity contribution in [1.29, 1.82) is 0 Å². The normalized spacial score (nSPS) is 10.9. The molecule has 5 nitrogen and oxygen atoms in total. The van der Waals surface area contributed by atoms with Crippen molar-refractivity contribution in [1.82, 2.24) is 9.97 Å². The highest BCUT2D eigenvalue weighted by Gasteiger charge is 2.13. The molecule has 0 atom stereocenters. The van der Waals surface area contributed by atoms with Gasteiger partial charge in [-0.2, -0.15) is 0 Å². The molecule has 0 aromatic carbocycles. The monoisotopic (exact) mass is 206 g/mol. The van der Waals surface area contributed by atoms with Crippen molar-refractivity contribution in [2.45, 2.75) is 20.8 Å². The lowest BCUT2D eigenvalue weighted by atomic mass is 10.2. The lowest BCUT2D eigenvalue weighted by Gasteiger charge is -2.03. The predicted octanol–water partition coefficient (Wildman–Crippen LogP) is 1.21. The highest BCUT2D eigenvalue weighted by Crippen LogP contribution is 2.23. The molecule has 2 rings (SSSR count). The molecule has 0 fully saturated rings. The molecule has 0 spiro atoms. The summed E-state index contributed by atoms with van der Waals surface area (Å²) in [6.45, 7) is 5.03. The average Bonchev–Trinajstić information content (AvgIpc) is 2.19. The van der Waals surface area contributed by atoms with Crippen molar-refractivity contribution < 1.29 is 9.52 Å². The molecule has 0 aliphatic heterocycles. The molecule has 0 aliphatic carbocycles. The molecule has 0 radical (unpaired) electrons. The van der Waals surface area contributed by atoms with Gasteiger partial charge in [0.2, 0.25) is 0 Å². The highest BCUT2D eigenvalue weighted by atomic mass is 16.4. The van der Waals surface area contributed by atoms with Crippen molar-refractivity contribution >= 4 is 11.2 Å². The summed E-state index contributed by atoms with van der Waals surface area (Å²) in [5.41, 5.74) is 1.25. The molecule has 0 saturated carbocycles. The smallest absolute Gasteiger partial charge is 0.344 e. The van der Waals surface area contributed by atoms with E-state index in [0.717, 1.165) is 0 Å². The van der Waals surface area contributed by atoms with Gasteiger partial charge in [0.05, 0.1) is 17.0 Å². The van der Waals surface area contributed by atoms with E-state index in [1.54, 1.807) is 13.8 Å². The molecule has 78 valence electrons. The van der Waals surface area contributed by atoms with Crippen LogP contribution in [0.4, 0.5) is 0 Å². The van der Waals surface area contributed by atoms with Gasteiger partial charge < -0.3 is 9.52 Å². The van der Waals surface area contributed by atoms with Gasteiger partial charge in [0.1, 0.15) is 0 Å². The Morgan fingerprint density at radius 3 is 2.40 bits per heavy atom. The highest BCUT2D eigenvalue weighted by molar-refractivity contribution is 5.76. The van der Waals surface area contributed by atoms with Gasteiger partial charge in [-0.05, 0) is 20.8 Å². The number of hydrogen-bond acceptors (Lipinski definition) is 5. The SMILES string of the molecule is Cc1nc2oc(=O)c(C)c(O)c2nc1C. The molecule has 15 heavy (non-hydrogen) atoms. The van der Waals surface area contributed by atoms with E-state index in [9.17, 15) is 9.90 Å². The van der Waals surface area contributed by atoms with E-state index in [1.165, 1.54) is 6.92 Å².